The Hall–Kier alpha value is -1.33. The van der Waals surface area contributed by atoms with E-state index in [1.165, 1.54) is 25.3 Å². The Kier molecular flexibility index (Phi) is 2.68. The average Bonchev–Trinajstić information content (AvgIpc) is 2.90. The summed E-state index contributed by atoms with van der Waals surface area (Å²) in [6, 6.07) is 2.69. The van der Waals surface area contributed by atoms with Gasteiger partial charge in [0, 0.05) is 6.04 Å². The standard InChI is InChI=1S/C12H14F3N3/c13-12(14,15)10-3-4-11(18-17-10)16-9-6-7-1-2-8(9)5-7/h3-4,7-9H,1-2,5-6H2,(H,16,18). The fraction of sp³-hybridized carbons (Fsp3) is 0.667. The van der Waals surface area contributed by atoms with Crippen molar-refractivity contribution in [3.63, 3.8) is 0 Å². The molecule has 0 amide bonds. The lowest BCUT2D eigenvalue weighted by atomic mass is 9.95. The first-order valence-corrected chi connectivity index (χ1v) is 6.20. The van der Waals surface area contributed by atoms with Crippen LogP contribution in [0.2, 0.25) is 0 Å². The highest BCUT2D eigenvalue weighted by molar-refractivity contribution is 5.35. The van der Waals surface area contributed by atoms with Crippen LogP contribution < -0.4 is 5.32 Å². The third-order valence-electron chi connectivity index (χ3n) is 4.03. The first-order valence-electron chi connectivity index (χ1n) is 6.20. The van der Waals surface area contributed by atoms with Crippen molar-refractivity contribution in [1.29, 1.82) is 0 Å². The van der Waals surface area contributed by atoms with Crippen molar-refractivity contribution in [3.05, 3.63) is 17.8 Å². The van der Waals surface area contributed by atoms with Crippen LogP contribution in [0.5, 0.6) is 0 Å². The van der Waals surface area contributed by atoms with Gasteiger partial charge in [-0.25, -0.2) is 0 Å². The molecule has 1 aromatic rings. The molecular formula is C12H14F3N3. The molecule has 3 nitrogen and oxygen atoms in total. The van der Waals surface area contributed by atoms with Gasteiger partial charge < -0.3 is 5.32 Å². The van der Waals surface area contributed by atoms with E-state index < -0.39 is 11.9 Å². The Labute approximate surface area is 103 Å². The lowest BCUT2D eigenvalue weighted by Gasteiger charge is -2.23. The van der Waals surface area contributed by atoms with Crippen LogP contribution >= 0.6 is 0 Å². The monoisotopic (exact) mass is 257 g/mol. The fourth-order valence-corrected chi connectivity index (χ4v) is 3.17. The summed E-state index contributed by atoms with van der Waals surface area (Å²) in [5.41, 5.74) is -0.944. The van der Waals surface area contributed by atoms with Gasteiger partial charge in [0.1, 0.15) is 5.82 Å². The van der Waals surface area contributed by atoms with E-state index in [0.717, 1.165) is 18.4 Å². The predicted octanol–water partition coefficient (Wildman–Crippen LogP) is 3.10. The van der Waals surface area contributed by atoms with Gasteiger partial charge in [-0.15, -0.1) is 10.2 Å². The van der Waals surface area contributed by atoms with E-state index in [2.05, 4.69) is 15.5 Å². The summed E-state index contributed by atoms with van der Waals surface area (Å²) in [4.78, 5) is 0. The normalized spacial score (nSPS) is 30.7. The summed E-state index contributed by atoms with van der Waals surface area (Å²) < 4.78 is 37.0. The van der Waals surface area contributed by atoms with E-state index in [9.17, 15) is 13.2 Å². The topological polar surface area (TPSA) is 37.8 Å². The minimum atomic E-state index is -4.42. The van der Waals surface area contributed by atoms with Crippen molar-refractivity contribution >= 4 is 5.82 Å². The smallest absolute Gasteiger partial charge is 0.366 e. The van der Waals surface area contributed by atoms with Gasteiger partial charge in [-0.05, 0) is 43.2 Å². The Bertz CT molecular complexity index is 429. The molecule has 2 saturated carbocycles. The zero-order chi connectivity index (χ0) is 12.8. The maximum Gasteiger partial charge on any atom is 0.435 e. The van der Waals surface area contributed by atoms with Crippen LogP contribution in [0.25, 0.3) is 0 Å². The van der Waals surface area contributed by atoms with Gasteiger partial charge in [0.2, 0.25) is 0 Å². The van der Waals surface area contributed by atoms with Crippen molar-refractivity contribution in [1.82, 2.24) is 10.2 Å². The maximum absolute atomic E-state index is 12.3. The lowest BCUT2D eigenvalue weighted by molar-refractivity contribution is -0.141. The molecular weight excluding hydrogens is 243 g/mol. The summed E-state index contributed by atoms with van der Waals surface area (Å²) in [7, 11) is 0. The number of aromatic nitrogens is 2. The molecule has 0 radical (unpaired) electrons. The van der Waals surface area contributed by atoms with E-state index in [0.29, 0.717) is 17.8 Å². The lowest BCUT2D eigenvalue weighted by Crippen LogP contribution is -2.26. The largest absolute Gasteiger partial charge is 0.435 e. The molecule has 0 saturated heterocycles. The van der Waals surface area contributed by atoms with Gasteiger partial charge in [-0.1, -0.05) is 6.42 Å². The number of alkyl halides is 3. The molecule has 0 aromatic carbocycles. The molecule has 1 N–H and O–H groups in total. The second kappa shape index (κ2) is 4.10. The number of nitrogens with zero attached hydrogens (tertiary/aromatic N) is 2. The minimum Gasteiger partial charge on any atom is -0.366 e. The third-order valence-corrected chi connectivity index (χ3v) is 4.03. The molecule has 0 aliphatic heterocycles. The van der Waals surface area contributed by atoms with Crippen molar-refractivity contribution in [3.8, 4) is 0 Å². The van der Waals surface area contributed by atoms with E-state index in [1.807, 2.05) is 0 Å². The molecule has 1 heterocycles. The molecule has 0 spiro atoms. The molecule has 2 fully saturated rings. The first-order chi connectivity index (χ1) is 8.52. The Morgan fingerprint density at radius 3 is 2.44 bits per heavy atom. The summed E-state index contributed by atoms with van der Waals surface area (Å²) in [5.74, 6) is 1.88. The highest BCUT2D eigenvalue weighted by Crippen LogP contribution is 2.45. The second-order valence-electron chi connectivity index (χ2n) is 5.23. The van der Waals surface area contributed by atoms with Crippen LogP contribution in [-0.4, -0.2) is 16.2 Å². The van der Waals surface area contributed by atoms with Crippen molar-refractivity contribution < 1.29 is 13.2 Å². The van der Waals surface area contributed by atoms with Crippen LogP contribution in [0, 0.1) is 11.8 Å². The maximum atomic E-state index is 12.3. The third kappa shape index (κ3) is 2.15. The molecule has 3 rings (SSSR count). The minimum absolute atomic E-state index is 0.356. The number of hydrogen-bond donors (Lipinski definition) is 1. The van der Waals surface area contributed by atoms with Crippen LogP contribution in [0.3, 0.4) is 0 Å². The number of halogens is 3. The van der Waals surface area contributed by atoms with Gasteiger partial charge in [0.05, 0.1) is 0 Å². The average molecular weight is 257 g/mol. The summed E-state index contributed by atoms with van der Waals surface area (Å²) in [5, 5.41) is 10.0. The predicted molar refractivity (Wildman–Crippen MR) is 59.9 cm³/mol. The van der Waals surface area contributed by atoms with Gasteiger partial charge in [-0.2, -0.15) is 13.2 Å². The number of nitrogens with one attached hydrogen (secondary N) is 1. The fourth-order valence-electron chi connectivity index (χ4n) is 3.17. The number of rotatable bonds is 2. The molecule has 2 aliphatic rings. The molecule has 6 heteroatoms. The summed E-state index contributed by atoms with van der Waals surface area (Å²) in [6.45, 7) is 0. The van der Waals surface area contributed by atoms with Gasteiger partial charge in [-0.3, -0.25) is 0 Å². The van der Waals surface area contributed by atoms with Crippen LogP contribution in [0.1, 0.15) is 31.4 Å². The van der Waals surface area contributed by atoms with Crippen molar-refractivity contribution in [2.45, 2.75) is 37.9 Å². The van der Waals surface area contributed by atoms with Gasteiger partial charge >= 0.3 is 6.18 Å². The zero-order valence-corrected chi connectivity index (χ0v) is 9.74. The molecule has 98 valence electrons. The molecule has 3 atom stereocenters. The summed E-state index contributed by atoms with van der Waals surface area (Å²) in [6.07, 6.45) is 0.439. The molecule has 18 heavy (non-hydrogen) atoms. The zero-order valence-electron chi connectivity index (χ0n) is 9.74. The van der Waals surface area contributed by atoms with Gasteiger partial charge in [0.15, 0.2) is 5.69 Å². The molecule has 2 bridgehead atoms. The number of anilines is 1. The molecule has 1 aromatic heterocycles. The highest BCUT2D eigenvalue weighted by atomic mass is 19.4. The van der Waals surface area contributed by atoms with Crippen LogP contribution in [0.4, 0.5) is 19.0 Å². The Morgan fingerprint density at radius 1 is 1.11 bits per heavy atom. The van der Waals surface area contributed by atoms with Crippen LogP contribution in [0.15, 0.2) is 12.1 Å². The Balaban J connectivity index is 1.67. The van der Waals surface area contributed by atoms with E-state index >= 15 is 0 Å². The first kappa shape index (κ1) is 11.7. The SMILES string of the molecule is FC(F)(F)c1ccc(NC2CC3CCC2C3)nn1. The molecule has 3 unspecified atom stereocenters. The summed E-state index contributed by atoms with van der Waals surface area (Å²) >= 11 is 0. The van der Waals surface area contributed by atoms with Crippen molar-refractivity contribution in [2.75, 3.05) is 5.32 Å². The molecule has 2 aliphatic carbocycles. The second-order valence-corrected chi connectivity index (χ2v) is 5.23. The van der Waals surface area contributed by atoms with Crippen molar-refractivity contribution in [2.24, 2.45) is 11.8 Å². The van der Waals surface area contributed by atoms with E-state index in [-0.39, 0.29) is 0 Å². The quantitative estimate of drug-likeness (QED) is 0.884. The number of fused-ring (bicyclic) bond motifs is 2. The van der Waals surface area contributed by atoms with E-state index in [1.54, 1.807) is 0 Å². The van der Waals surface area contributed by atoms with Crippen LogP contribution in [-0.2, 0) is 6.18 Å². The number of hydrogen-bond acceptors (Lipinski definition) is 3. The Morgan fingerprint density at radius 2 is 1.94 bits per heavy atom. The van der Waals surface area contributed by atoms with E-state index in [4.69, 9.17) is 0 Å². The van der Waals surface area contributed by atoms with Gasteiger partial charge in [0.25, 0.3) is 0 Å². The highest BCUT2D eigenvalue weighted by Gasteiger charge is 2.39.